The third-order valence-corrected chi connectivity index (χ3v) is 2.46. The molecule has 0 saturated carbocycles. The smallest absolute Gasteiger partial charge is 0.337 e. The van der Waals surface area contributed by atoms with Crippen LogP contribution in [-0.2, 0) is 0 Å². The fourth-order valence-electron chi connectivity index (χ4n) is 1.39. The van der Waals surface area contributed by atoms with E-state index in [4.69, 9.17) is 16.7 Å². The van der Waals surface area contributed by atoms with E-state index in [1.807, 2.05) is 19.0 Å². The maximum absolute atomic E-state index is 10.7. The van der Waals surface area contributed by atoms with Gasteiger partial charge in [0.2, 0.25) is 0 Å². The molecule has 0 aromatic carbocycles. The van der Waals surface area contributed by atoms with Crippen LogP contribution in [-0.4, -0.2) is 59.4 Å². The number of carboxylic acids is 1. The standard InChI is InChI=1S/C11H16ClN3O3/c1-15(2)6-8(16)5-14-10-9(12)3-7(4-13-10)11(17)18/h3-4,8,16H,5-6H2,1-2H3,(H,13,14)(H,17,18). The van der Waals surface area contributed by atoms with Crippen LogP contribution < -0.4 is 5.32 Å². The molecule has 0 saturated heterocycles. The maximum Gasteiger partial charge on any atom is 0.337 e. The van der Waals surface area contributed by atoms with E-state index in [1.165, 1.54) is 12.3 Å². The van der Waals surface area contributed by atoms with Crippen LogP contribution in [0.3, 0.4) is 0 Å². The van der Waals surface area contributed by atoms with Gasteiger partial charge in [0.15, 0.2) is 0 Å². The van der Waals surface area contributed by atoms with Crippen LogP contribution >= 0.6 is 11.6 Å². The van der Waals surface area contributed by atoms with Crippen molar-refractivity contribution in [3.05, 3.63) is 22.8 Å². The van der Waals surface area contributed by atoms with E-state index in [-0.39, 0.29) is 17.1 Å². The highest BCUT2D eigenvalue weighted by molar-refractivity contribution is 6.33. The van der Waals surface area contributed by atoms with Gasteiger partial charge in [0.05, 0.1) is 16.7 Å². The molecule has 100 valence electrons. The normalized spacial score (nSPS) is 12.5. The Kier molecular flexibility index (Phi) is 5.33. The van der Waals surface area contributed by atoms with Gasteiger partial charge < -0.3 is 20.4 Å². The van der Waals surface area contributed by atoms with Gasteiger partial charge in [-0.1, -0.05) is 11.6 Å². The molecule has 0 fully saturated rings. The number of nitrogens with zero attached hydrogens (tertiary/aromatic N) is 2. The van der Waals surface area contributed by atoms with Crippen molar-refractivity contribution in [3.63, 3.8) is 0 Å². The summed E-state index contributed by atoms with van der Waals surface area (Å²) in [5.41, 5.74) is 0.0272. The summed E-state index contributed by atoms with van der Waals surface area (Å²) in [6.45, 7) is 0.801. The topological polar surface area (TPSA) is 85.7 Å². The first-order chi connectivity index (χ1) is 8.40. The van der Waals surface area contributed by atoms with Crippen molar-refractivity contribution in [1.29, 1.82) is 0 Å². The molecule has 1 aromatic rings. The maximum atomic E-state index is 10.7. The molecule has 0 aliphatic rings. The lowest BCUT2D eigenvalue weighted by molar-refractivity contribution is 0.0696. The largest absolute Gasteiger partial charge is 0.478 e. The Bertz CT molecular complexity index is 426. The quantitative estimate of drug-likeness (QED) is 0.710. The predicted molar refractivity (Wildman–Crippen MR) is 69.3 cm³/mol. The van der Waals surface area contributed by atoms with Crippen molar-refractivity contribution in [2.45, 2.75) is 6.10 Å². The number of likely N-dealkylation sites (N-methyl/N-ethyl adjacent to an activating group) is 1. The van der Waals surface area contributed by atoms with E-state index < -0.39 is 12.1 Å². The van der Waals surface area contributed by atoms with Gasteiger partial charge in [-0.2, -0.15) is 0 Å². The lowest BCUT2D eigenvalue weighted by Gasteiger charge is -2.17. The van der Waals surface area contributed by atoms with E-state index >= 15 is 0 Å². The Balaban J connectivity index is 2.60. The number of nitrogens with one attached hydrogen (secondary N) is 1. The lowest BCUT2D eigenvalue weighted by atomic mass is 10.3. The van der Waals surface area contributed by atoms with Crippen LogP contribution in [0.4, 0.5) is 5.82 Å². The number of anilines is 1. The molecule has 3 N–H and O–H groups in total. The zero-order valence-electron chi connectivity index (χ0n) is 10.2. The third-order valence-electron chi connectivity index (χ3n) is 2.17. The van der Waals surface area contributed by atoms with Gasteiger partial charge in [-0.05, 0) is 20.2 Å². The van der Waals surface area contributed by atoms with Crippen LogP contribution in [0.25, 0.3) is 0 Å². The van der Waals surface area contributed by atoms with Gasteiger partial charge in [-0.25, -0.2) is 9.78 Å². The summed E-state index contributed by atoms with van der Waals surface area (Å²) in [5.74, 6) is -0.719. The van der Waals surface area contributed by atoms with Crippen LogP contribution in [0.15, 0.2) is 12.3 Å². The molecule has 18 heavy (non-hydrogen) atoms. The van der Waals surface area contributed by atoms with Gasteiger partial charge in [-0.15, -0.1) is 0 Å². The van der Waals surface area contributed by atoms with Crippen LogP contribution in [0, 0.1) is 0 Å². The van der Waals surface area contributed by atoms with Crippen LogP contribution in [0.2, 0.25) is 5.02 Å². The van der Waals surface area contributed by atoms with Crippen molar-refractivity contribution in [2.24, 2.45) is 0 Å². The molecule has 7 heteroatoms. The number of pyridine rings is 1. The van der Waals surface area contributed by atoms with E-state index in [0.717, 1.165) is 0 Å². The highest BCUT2D eigenvalue weighted by Gasteiger charge is 2.10. The molecular formula is C11H16ClN3O3. The van der Waals surface area contributed by atoms with Crippen molar-refractivity contribution < 1.29 is 15.0 Å². The minimum absolute atomic E-state index is 0.0272. The first kappa shape index (κ1) is 14.7. The Morgan fingerprint density at radius 2 is 2.28 bits per heavy atom. The minimum Gasteiger partial charge on any atom is -0.478 e. The predicted octanol–water partition coefficient (Wildman–Crippen LogP) is 0.768. The highest BCUT2D eigenvalue weighted by Crippen LogP contribution is 2.19. The van der Waals surface area contributed by atoms with E-state index in [9.17, 15) is 9.90 Å². The minimum atomic E-state index is -1.08. The molecule has 1 aromatic heterocycles. The second-order valence-corrected chi connectivity index (χ2v) is 4.56. The zero-order valence-corrected chi connectivity index (χ0v) is 11.0. The van der Waals surface area contributed by atoms with E-state index in [0.29, 0.717) is 12.4 Å². The van der Waals surface area contributed by atoms with Crippen LogP contribution in [0.1, 0.15) is 10.4 Å². The average Bonchev–Trinajstić information content (AvgIpc) is 2.26. The summed E-state index contributed by atoms with van der Waals surface area (Å²) < 4.78 is 0. The second-order valence-electron chi connectivity index (χ2n) is 4.16. The fourth-order valence-corrected chi connectivity index (χ4v) is 1.62. The molecule has 0 radical (unpaired) electrons. The molecule has 0 aliphatic heterocycles. The molecule has 1 rings (SSSR count). The number of carboxylic acid groups (broad SMARTS) is 1. The Morgan fingerprint density at radius 1 is 1.61 bits per heavy atom. The molecular weight excluding hydrogens is 258 g/mol. The second kappa shape index (κ2) is 6.53. The number of aliphatic hydroxyl groups excluding tert-OH is 1. The van der Waals surface area contributed by atoms with Crippen molar-refractivity contribution >= 4 is 23.4 Å². The number of hydrogen-bond acceptors (Lipinski definition) is 5. The lowest BCUT2D eigenvalue weighted by Crippen LogP contribution is -2.31. The molecule has 1 unspecified atom stereocenters. The summed E-state index contributed by atoms with van der Waals surface area (Å²) in [5, 5.41) is 21.5. The molecule has 0 bridgehead atoms. The molecule has 0 aliphatic carbocycles. The summed E-state index contributed by atoms with van der Waals surface area (Å²) in [6.07, 6.45) is 0.659. The van der Waals surface area contributed by atoms with Gasteiger partial charge in [0, 0.05) is 19.3 Å². The summed E-state index contributed by atoms with van der Waals surface area (Å²) in [6, 6.07) is 1.32. The molecule has 1 atom stereocenters. The molecule has 0 spiro atoms. The first-order valence-corrected chi connectivity index (χ1v) is 5.73. The zero-order chi connectivity index (χ0) is 13.7. The SMILES string of the molecule is CN(C)CC(O)CNc1ncc(C(=O)O)cc1Cl. The van der Waals surface area contributed by atoms with Crippen molar-refractivity contribution in [1.82, 2.24) is 9.88 Å². The van der Waals surface area contributed by atoms with Gasteiger partial charge in [0.25, 0.3) is 0 Å². The summed E-state index contributed by atoms with van der Waals surface area (Å²) >= 11 is 5.88. The molecule has 1 heterocycles. The van der Waals surface area contributed by atoms with Crippen LogP contribution in [0.5, 0.6) is 0 Å². The van der Waals surface area contributed by atoms with Gasteiger partial charge in [-0.3, -0.25) is 0 Å². The van der Waals surface area contributed by atoms with Gasteiger partial charge >= 0.3 is 5.97 Å². The number of aliphatic hydroxyl groups is 1. The molecule has 6 nitrogen and oxygen atoms in total. The van der Waals surface area contributed by atoms with Crippen molar-refractivity contribution in [2.75, 3.05) is 32.5 Å². The summed E-state index contributed by atoms with van der Waals surface area (Å²) in [7, 11) is 3.71. The fraction of sp³-hybridized carbons (Fsp3) is 0.455. The number of aromatic nitrogens is 1. The monoisotopic (exact) mass is 273 g/mol. The third kappa shape index (κ3) is 4.48. The molecule has 0 amide bonds. The van der Waals surface area contributed by atoms with E-state index in [2.05, 4.69) is 10.3 Å². The van der Waals surface area contributed by atoms with E-state index in [1.54, 1.807) is 0 Å². The highest BCUT2D eigenvalue weighted by atomic mass is 35.5. The summed E-state index contributed by atoms with van der Waals surface area (Å²) in [4.78, 5) is 16.4. The number of aromatic carboxylic acids is 1. The first-order valence-electron chi connectivity index (χ1n) is 5.35. The average molecular weight is 274 g/mol. The Labute approximate surface area is 110 Å². The number of rotatable bonds is 6. The van der Waals surface area contributed by atoms with Crippen molar-refractivity contribution in [3.8, 4) is 0 Å². The Morgan fingerprint density at radius 3 is 2.78 bits per heavy atom. The number of halogens is 1. The number of carbonyl (C=O) groups is 1. The number of hydrogen-bond donors (Lipinski definition) is 3. The van der Waals surface area contributed by atoms with Gasteiger partial charge in [0.1, 0.15) is 5.82 Å². The Hall–Kier alpha value is -1.37.